The molecule has 2 nitrogen and oxygen atoms in total. The van der Waals surface area contributed by atoms with Crippen LogP contribution in [0.1, 0.15) is 41.1 Å². The summed E-state index contributed by atoms with van der Waals surface area (Å²) in [6.45, 7) is 0.373. The lowest BCUT2D eigenvalue weighted by Crippen LogP contribution is -2.39. The Balaban J connectivity index is 0.00000320. The van der Waals surface area contributed by atoms with E-state index in [0.29, 0.717) is 23.6 Å². The van der Waals surface area contributed by atoms with E-state index in [2.05, 4.69) is 5.32 Å². The van der Waals surface area contributed by atoms with Crippen molar-refractivity contribution in [3.05, 3.63) is 69.7 Å². The fraction of sp³-hybridized carbons (Fsp3) is 0.400. The van der Waals surface area contributed by atoms with Gasteiger partial charge >= 0.3 is 12.4 Å². The summed E-state index contributed by atoms with van der Waals surface area (Å²) < 4.78 is 83.9. The van der Waals surface area contributed by atoms with E-state index in [9.17, 15) is 26.3 Å². The Morgan fingerprint density at radius 2 is 1.50 bits per heavy atom. The molecule has 0 aliphatic carbocycles. The van der Waals surface area contributed by atoms with E-state index >= 15 is 0 Å². The van der Waals surface area contributed by atoms with Crippen LogP contribution in [0.25, 0.3) is 0 Å². The molecule has 1 heterocycles. The third kappa shape index (κ3) is 6.26. The predicted molar refractivity (Wildman–Crippen MR) is 104 cm³/mol. The highest BCUT2D eigenvalue weighted by Gasteiger charge is 2.37. The molecule has 10 heteroatoms. The van der Waals surface area contributed by atoms with Crippen molar-refractivity contribution in [2.45, 2.75) is 43.9 Å². The van der Waals surface area contributed by atoms with Crippen molar-refractivity contribution in [3.8, 4) is 0 Å². The van der Waals surface area contributed by atoms with Crippen molar-refractivity contribution >= 4 is 24.0 Å². The first-order chi connectivity index (χ1) is 13.5. The van der Waals surface area contributed by atoms with Crippen molar-refractivity contribution in [3.63, 3.8) is 0 Å². The zero-order valence-corrected chi connectivity index (χ0v) is 17.1. The standard InChI is InChI=1S/C20H18ClF6NO.ClH/c21-16-5-3-13(4-6-16)18-17(2-1-7-28-18)29-11-12-8-14(19(22,23)24)10-15(9-12)20(25,26)27;/h3-6,8-10,17-18,28H,1-2,7,11H2;1H. The van der Waals surface area contributed by atoms with Crippen molar-refractivity contribution < 1.29 is 31.1 Å². The van der Waals surface area contributed by atoms with Gasteiger partial charge in [0.25, 0.3) is 0 Å². The maximum Gasteiger partial charge on any atom is 0.416 e. The number of piperidine rings is 1. The molecule has 0 aromatic heterocycles. The summed E-state index contributed by atoms with van der Waals surface area (Å²) in [7, 11) is 0. The third-order valence-corrected chi connectivity index (χ3v) is 4.99. The number of benzene rings is 2. The predicted octanol–water partition coefficient (Wildman–Crippen LogP) is 6.81. The minimum atomic E-state index is -4.88. The fourth-order valence-corrected chi connectivity index (χ4v) is 3.47. The second kappa shape index (κ2) is 9.77. The summed E-state index contributed by atoms with van der Waals surface area (Å²) in [4.78, 5) is 0. The van der Waals surface area contributed by atoms with Gasteiger partial charge in [-0.25, -0.2) is 0 Å². The maximum absolute atomic E-state index is 13.0. The van der Waals surface area contributed by atoms with Gasteiger partial charge in [-0.3, -0.25) is 0 Å². The highest BCUT2D eigenvalue weighted by atomic mass is 35.5. The number of hydrogen-bond acceptors (Lipinski definition) is 2. The van der Waals surface area contributed by atoms with E-state index < -0.39 is 29.6 Å². The quantitative estimate of drug-likeness (QED) is 0.492. The van der Waals surface area contributed by atoms with Crippen LogP contribution in [0, 0.1) is 0 Å². The molecule has 0 amide bonds. The molecule has 0 spiro atoms. The summed E-state index contributed by atoms with van der Waals surface area (Å²) in [5.74, 6) is 0. The SMILES string of the molecule is Cl.FC(F)(F)c1cc(COC2CCCNC2c2ccc(Cl)cc2)cc(C(F)(F)F)c1. The van der Waals surface area contributed by atoms with E-state index in [4.69, 9.17) is 16.3 Å². The molecule has 1 fully saturated rings. The van der Waals surface area contributed by atoms with E-state index in [-0.39, 0.29) is 36.7 Å². The summed E-state index contributed by atoms with van der Waals surface area (Å²) in [5.41, 5.74) is -1.98. The fourth-order valence-electron chi connectivity index (χ4n) is 3.35. The van der Waals surface area contributed by atoms with E-state index in [1.165, 1.54) is 0 Å². The number of hydrogen-bond donors (Lipinski definition) is 1. The monoisotopic (exact) mass is 473 g/mol. The Morgan fingerprint density at radius 3 is 2.03 bits per heavy atom. The van der Waals surface area contributed by atoms with Crippen LogP contribution in [0.5, 0.6) is 0 Å². The highest BCUT2D eigenvalue weighted by Crippen LogP contribution is 2.37. The zero-order chi connectivity index (χ0) is 21.2. The molecule has 166 valence electrons. The first kappa shape index (κ1) is 24.8. The van der Waals surface area contributed by atoms with Crippen molar-refractivity contribution in [1.82, 2.24) is 5.32 Å². The summed E-state index contributed by atoms with van der Waals surface area (Å²) in [5, 5.41) is 3.85. The average Bonchev–Trinajstić information content (AvgIpc) is 2.66. The molecular formula is C20H19Cl2F6NO. The Hall–Kier alpha value is -1.48. The second-order valence-corrected chi connectivity index (χ2v) is 7.33. The summed E-state index contributed by atoms with van der Waals surface area (Å²) >= 11 is 5.90. The molecule has 30 heavy (non-hydrogen) atoms. The molecule has 2 atom stereocenters. The Labute approximate surface area is 181 Å². The number of nitrogens with one attached hydrogen (secondary N) is 1. The lowest BCUT2D eigenvalue weighted by Gasteiger charge is -2.33. The van der Waals surface area contributed by atoms with Gasteiger partial charge in [-0.2, -0.15) is 26.3 Å². The smallest absolute Gasteiger partial charge is 0.372 e. The van der Waals surface area contributed by atoms with Gasteiger partial charge in [0.2, 0.25) is 0 Å². The van der Waals surface area contributed by atoms with Crippen LogP contribution in [-0.4, -0.2) is 12.6 Å². The van der Waals surface area contributed by atoms with Crippen LogP contribution < -0.4 is 5.32 Å². The van der Waals surface area contributed by atoms with Gasteiger partial charge in [-0.05, 0) is 60.8 Å². The number of rotatable bonds is 4. The van der Waals surface area contributed by atoms with Crippen LogP contribution >= 0.6 is 24.0 Å². The van der Waals surface area contributed by atoms with Crippen LogP contribution in [-0.2, 0) is 23.7 Å². The molecule has 0 saturated carbocycles. The molecule has 3 rings (SSSR count). The Kier molecular flexibility index (Phi) is 8.07. The van der Waals surface area contributed by atoms with Crippen LogP contribution in [0.4, 0.5) is 26.3 Å². The molecular weight excluding hydrogens is 455 g/mol. The molecule has 1 saturated heterocycles. The second-order valence-electron chi connectivity index (χ2n) is 6.89. The molecule has 0 radical (unpaired) electrons. The van der Waals surface area contributed by atoms with Gasteiger partial charge in [-0.1, -0.05) is 23.7 Å². The number of ether oxygens (including phenoxy) is 1. The zero-order valence-electron chi connectivity index (χ0n) is 15.5. The van der Waals surface area contributed by atoms with E-state index in [0.717, 1.165) is 18.5 Å². The molecule has 1 aliphatic heterocycles. The van der Waals surface area contributed by atoms with Gasteiger partial charge in [0.15, 0.2) is 0 Å². The molecule has 2 unspecified atom stereocenters. The molecule has 1 N–H and O–H groups in total. The first-order valence-electron chi connectivity index (χ1n) is 8.93. The third-order valence-electron chi connectivity index (χ3n) is 4.74. The van der Waals surface area contributed by atoms with Crippen molar-refractivity contribution in [2.24, 2.45) is 0 Å². The minimum absolute atomic E-state index is 0. The number of halogens is 8. The highest BCUT2D eigenvalue weighted by molar-refractivity contribution is 6.30. The number of alkyl halides is 6. The van der Waals surface area contributed by atoms with Gasteiger partial charge in [0.05, 0.1) is 29.9 Å². The summed E-state index contributed by atoms with van der Waals surface area (Å²) in [6.07, 6.45) is -8.74. The maximum atomic E-state index is 13.0. The van der Waals surface area contributed by atoms with E-state index in [1.807, 2.05) is 12.1 Å². The van der Waals surface area contributed by atoms with Crippen LogP contribution in [0.3, 0.4) is 0 Å². The molecule has 0 bridgehead atoms. The minimum Gasteiger partial charge on any atom is -0.372 e. The Bertz CT molecular complexity index is 806. The van der Waals surface area contributed by atoms with Gasteiger partial charge < -0.3 is 10.1 Å². The molecule has 2 aromatic rings. The summed E-state index contributed by atoms with van der Waals surface area (Å²) in [6, 6.07) is 8.34. The molecule has 1 aliphatic rings. The average molecular weight is 474 g/mol. The normalized spacial score (nSPS) is 20.0. The van der Waals surface area contributed by atoms with E-state index in [1.54, 1.807) is 12.1 Å². The first-order valence-corrected chi connectivity index (χ1v) is 9.30. The van der Waals surface area contributed by atoms with Crippen molar-refractivity contribution in [1.29, 1.82) is 0 Å². The van der Waals surface area contributed by atoms with Gasteiger partial charge in [-0.15, -0.1) is 12.4 Å². The Morgan fingerprint density at radius 1 is 0.933 bits per heavy atom. The largest absolute Gasteiger partial charge is 0.416 e. The lowest BCUT2D eigenvalue weighted by atomic mass is 9.94. The van der Waals surface area contributed by atoms with Gasteiger partial charge in [0.1, 0.15) is 0 Å². The lowest BCUT2D eigenvalue weighted by molar-refractivity contribution is -0.143. The van der Waals surface area contributed by atoms with Crippen LogP contribution in [0.2, 0.25) is 5.02 Å². The van der Waals surface area contributed by atoms with Crippen LogP contribution in [0.15, 0.2) is 42.5 Å². The van der Waals surface area contributed by atoms with Crippen molar-refractivity contribution in [2.75, 3.05) is 6.54 Å². The molecule has 2 aromatic carbocycles. The van der Waals surface area contributed by atoms with Gasteiger partial charge in [0, 0.05) is 5.02 Å². The topological polar surface area (TPSA) is 21.3 Å².